The Bertz CT molecular complexity index is 990. The van der Waals surface area contributed by atoms with Gasteiger partial charge in [0, 0.05) is 20.2 Å². The van der Waals surface area contributed by atoms with E-state index in [0.29, 0.717) is 24.5 Å². The number of benzene rings is 1. The van der Waals surface area contributed by atoms with Crippen molar-refractivity contribution in [2.75, 3.05) is 31.7 Å². The highest BCUT2D eigenvalue weighted by Gasteiger charge is 2.28. The van der Waals surface area contributed by atoms with Gasteiger partial charge >= 0.3 is 0 Å². The number of aromatic nitrogens is 3. The predicted molar refractivity (Wildman–Crippen MR) is 103 cm³/mol. The number of amides is 1. The standard InChI is InChI=1S/C20H22FN5O2/c1-28-11-9-22-20(27)17-13-23-18-7-8-19(24-26(17)18)25-10-3-6-16(25)14-4-2-5-15(21)12-14/h2,4-5,7-8,12-13,16H,3,6,9-11H2,1H3,(H,22,27)/t16-/m1/s1. The van der Waals surface area contributed by atoms with Crippen molar-refractivity contribution in [3.8, 4) is 0 Å². The minimum atomic E-state index is -0.252. The van der Waals surface area contributed by atoms with E-state index in [9.17, 15) is 9.18 Å². The second-order valence-electron chi connectivity index (χ2n) is 6.76. The Balaban J connectivity index is 1.63. The van der Waals surface area contributed by atoms with Gasteiger partial charge in [0.05, 0.1) is 18.8 Å². The summed E-state index contributed by atoms with van der Waals surface area (Å²) in [7, 11) is 1.58. The molecule has 1 aliphatic rings. The van der Waals surface area contributed by atoms with Crippen LogP contribution in [0.5, 0.6) is 0 Å². The lowest BCUT2D eigenvalue weighted by molar-refractivity contribution is 0.0930. The molecule has 0 spiro atoms. The van der Waals surface area contributed by atoms with Gasteiger partial charge in [-0.15, -0.1) is 5.10 Å². The molecule has 146 valence electrons. The lowest BCUT2D eigenvalue weighted by atomic mass is 10.0. The zero-order valence-electron chi connectivity index (χ0n) is 15.6. The second kappa shape index (κ2) is 7.93. The highest BCUT2D eigenvalue weighted by molar-refractivity contribution is 5.93. The third kappa shape index (κ3) is 3.55. The van der Waals surface area contributed by atoms with E-state index in [-0.39, 0.29) is 17.8 Å². The first-order chi connectivity index (χ1) is 13.7. The summed E-state index contributed by atoms with van der Waals surface area (Å²) in [5.74, 6) is 0.248. The molecule has 3 heterocycles. The minimum Gasteiger partial charge on any atom is -0.383 e. The highest BCUT2D eigenvalue weighted by atomic mass is 19.1. The summed E-state index contributed by atoms with van der Waals surface area (Å²) in [4.78, 5) is 18.8. The quantitative estimate of drug-likeness (QED) is 0.663. The van der Waals surface area contributed by atoms with Gasteiger partial charge < -0.3 is 15.0 Å². The molecule has 4 rings (SSSR count). The van der Waals surface area contributed by atoms with Gasteiger partial charge in [-0.1, -0.05) is 12.1 Å². The van der Waals surface area contributed by atoms with E-state index >= 15 is 0 Å². The molecule has 0 aliphatic carbocycles. The maximum absolute atomic E-state index is 13.7. The average Bonchev–Trinajstić information content (AvgIpc) is 3.34. The zero-order valence-corrected chi connectivity index (χ0v) is 15.6. The van der Waals surface area contributed by atoms with Crippen LogP contribution in [0.25, 0.3) is 5.65 Å². The van der Waals surface area contributed by atoms with E-state index < -0.39 is 0 Å². The third-order valence-corrected chi connectivity index (χ3v) is 4.95. The Hall–Kier alpha value is -3.00. The molecule has 0 bridgehead atoms. The lowest BCUT2D eigenvalue weighted by Gasteiger charge is -2.26. The molecule has 2 aromatic heterocycles. The van der Waals surface area contributed by atoms with Crippen LogP contribution in [-0.4, -0.2) is 47.3 Å². The van der Waals surface area contributed by atoms with Crippen LogP contribution in [0.3, 0.4) is 0 Å². The van der Waals surface area contributed by atoms with Crippen molar-refractivity contribution in [2.24, 2.45) is 0 Å². The number of halogens is 1. The second-order valence-corrected chi connectivity index (χ2v) is 6.76. The van der Waals surface area contributed by atoms with Crippen molar-refractivity contribution in [1.82, 2.24) is 19.9 Å². The zero-order chi connectivity index (χ0) is 19.5. The number of hydrogen-bond acceptors (Lipinski definition) is 5. The van der Waals surface area contributed by atoms with E-state index in [2.05, 4.69) is 20.3 Å². The van der Waals surface area contributed by atoms with Gasteiger partial charge in [0.2, 0.25) is 0 Å². The predicted octanol–water partition coefficient (Wildman–Crippen LogP) is 2.59. The van der Waals surface area contributed by atoms with Crippen LogP contribution in [-0.2, 0) is 4.74 Å². The van der Waals surface area contributed by atoms with Crippen LogP contribution in [0, 0.1) is 5.82 Å². The lowest BCUT2D eigenvalue weighted by Crippen LogP contribution is -2.29. The van der Waals surface area contributed by atoms with Crippen molar-refractivity contribution in [3.63, 3.8) is 0 Å². The van der Waals surface area contributed by atoms with Crippen LogP contribution in [0.2, 0.25) is 0 Å². The minimum absolute atomic E-state index is 0.0585. The fourth-order valence-electron chi connectivity index (χ4n) is 3.63. The first kappa shape index (κ1) is 18.4. The molecule has 28 heavy (non-hydrogen) atoms. The van der Waals surface area contributed by atoms with Crippen LogP contribution >= 0.6 is 0 Å². The van der Waals surface area contributed by atoms with E-state index in [1.807, 2.05) is 18.2 Å². The van der Waals surface area contributed by atoms with E-state index in [4.69, 9.17) is 4.74 Å². The van der Waals surface area contributed by atoms with Crippen molar-refractivity contribution in [1.29, 1.82) is 0 Å². The number of carbonyl (C=O) groups excluding carboxylic acids is 1. The fourth-order valence-corrected chi connectivity index (χ4v) is 3.63. The van der Waals surface area contributed by atoms with E-state index in [1.54, 1.807) is 23.8 Å². The maximum atomic E-state index is 13.7. The molecular weight excluding hydrogens is 361 g/mol. The number of carbonyl (C=O) groups is 1. The highest BCUT2D eigenvalue weighted by Crippen LogP contribution is 2.35. The summed E-state index contributed by atoms with van der Waals surface area (Å²) in [5, 5.41) is 7.45. The number of hydrogen-bond donors (Lipinski definition) is 1. The largest absolute Gasteiger partial charge is 0.383 e. The molecular formula is C20H22FN5O2. The Kier molecular flexibility index (Phi) is 5.21. The Morgan fingerprint density at radius 1 is 1.36 bits per heavy atom. The Morgan fingerprint density at radius 3 is 3.07 bits per heavy atom. The van der Waals surface area contributed by atoms with Gasteiger partial charge in [0.15, 0.2) is 11.3 Å². The van der Waals surface area contributed by atoms with Crippen LogP contribution in [0.15, 0.2) is 42.6 Å². The summed E-state index contributed by atoms with van der Waals surface area (Å²) >= 11 is 0. The van der Waals surface area contributed by atoms with Gasteiger partial charge in [0.1, 0.15) is 11.6 Å². The molecule has 3 aromatic rings. The van der Waals surface area contributed by atoms with E-state index in [1.165, 1.54) is 12.3 Å². The number of nitrogens with zero attached hydrogens (tertiary/aromatic N) is 4. The molecule has 1 aromatic carbocycles. The summed E-state index contributed by atoms with van der Waals surface area (Å²) in [6.07, 6.45) is 3.44. The van der Waals surface area contributed by atoms with Gasteiger partial charge in [0.25, 0.3) is 5.91 Å². The molecule has 8 heteroatoms. The number of methoxy groups -OCH3 is 1. The third-order valence-electron chi connectivity index (χ3n) is 4.95. The fraction of sp³-hybridized carbons (Fsp3) is 0.350. The van der Waals surface area contributed by atoms with Crippen LogP contribution in [0.1, 0.15) is 34.9 Å². The molecule has 0 radical (unpaired) electrons. The Morgan fingerprint density at radius 2 is 2.25 bits per heavy atom. The molecule has 1 saturated heterocycles. The molecule has 1 fully saturated rings. The van der Waals surface area contributed by atoms with Crippen molar-refractivity contribution < 1.29 is 13.9 Å². The van der Waals surface area contributed by atoms with Gasteiger partial charge in [-0.3, -0.25) is 4.79 Å². The average molecular weight is 383 g/mol. The topological polar surface area (TPSA) is 71.8 Å². The summed E-state index contributed by atoms with van der Waals surface area (Å²) < 4.78 is 20.2. The normalized spacial score (nSPS) is 16.6. The first-order valence-corrected chi connectivity index (χ1v) is 9.31. The van der Waals surface area contributed by atoms with Crippen molar-refractivity contribution >= 4 is 17.4 Å². The van der Waals surface area contributed by atoms with E-state index in [0.717, 1.165) is 30.8 Å². The van der Waals surface area contributed by atoms with Gasteiger partial charge in [-0.25, -0.2) is 13.9 Å². The maximum Gasteiger partial charge on any atom is 0.271 e. The molecule has 1 amide bonds. The molecule has 7 nitrogen and oxygen atoms in total. The first-order valence-electron chi connectivity index (χ1n) is 9.31. The molecule has 1 N–H and O–H groups in total. The number of ether oxygens (including phenoxy) is 1. The summed E-state index contributed by atoms with van der Waals surface area (Å²) in [6, 6.07) is 10.5. The molecule has 0 unspecified atom stereocenters. The summed E-state index contributed by atoms with van der Waals surface area (Å²) in [6.45, 7) is 1.67. The number of fused-ring (bicyclic) bond motifs is 1. The summed E-state index contributed by atoms with van der Waals surface area (Å²) in [5.41, 5.74) is 1.90. The van der Waals surface area contributed by atoms with Crippen molar-refractivity contribution in [3.05, 3.63) is 59.7 Å². The number of anilines is 1. The van der Waals surface area contributed by atoms with Crippen LogP contribution < -0.4 is 10.2 Å². The van der Waals surface area contributed by atoms with Gasteiger partial charge in [-0.2, -0.15) is 0 Å². The number of rotatable bonds is 6. The van der Waals surface area contributed by atoms with Crippen LogP contribution in [0.4, 0.5) is 10.2 Å². The molecule has 0 saturated carbocycles. The van der Waals surface area contributed by atoms with Gasteiger partial charge in [-0.05, 0) is 42.7 Å². The molecule has 1 atom stereocenters. The van der Waals surface area contributed by atoms with Crippen molar-refractivity contribution in [2.45, 2.75) is 18.9 Å². The smallest absolute Gasteiger partial charge is 0.271 e. The number of nitrogens with one attached hydrogen (secondary N) is 1. The number of imidazole rings is 1. The Labute approximate surface area is 162 Å². The SMILES string of the molecule is COCCNC(=O)c1cnc2ccc(N3CCC[C@@H]3c3cccc(F)c3)nn12. The molecule has 1 aliphatic heterocycles. The monoisotopic (exact) mass is 383 g/mol.